The monoisotopic (exact) mass is 169 g/mol. The lowest BCUT2D eigenvalue weighted by atomic mass is 10.4. The molecule has 0 saturated carbocycles. The van der Waals surface area contributed by atoms with Crippen LogP contribution < -0.4 is 0 Å². The first-order valence-electron chi connectivity index (χ1n) is 3.21. The number of hydrogen-bond acceptors (Lipinski definition) is 3. The standard InChI is InChI=1S/C6H15NO2.ClH/c1-4-7(5(2)8)6(3)9;/h5-6,8-9H,4H2,1-3H3;1H. The summed E-state index contributed by atoms with van der Waals surface area (Å²) in [6.45, 7) is 5.82. The molecule has 3 nitrogen and oxygen atoms in total. The lowest BCUT2D eigenvalue weighted by Gasteiger charge is -2.25. The maximum Gasteiger partial charge on any atom is 0.106 e. The van der Waals surface area contributed by atoms with Gasteiger partial charge in [0.25, 0.3) is 0 Å². The molecule has 0 aromatic rings. The summed E-state index contributed by atoms with van der Waals surface area (Å²) in [5.41, 5.74) is 0. The minimum absolute atomic E-state index is 0. The summed E-state index contributed by atoms with van der Waals surface area (Å²) >= 11 is 0. The van der Waals surface area contributed by atoms with Crippen LogP contribution in [0.2, 0.25) is 0 Å². The average Bonchev–Trinajstić information content (AvgIpc) is 1.64. The summed E-state index contributed by atoms with van der Waals surface area (Å²) in [4.78, 5) is 1.57. The lowest BCUT2D eigenvalue weighted by molar-refractivity contribution is -0.0806. The van der Waals surface area contributed by atoms with Crippen molar-refractivity contribution in [1.82, 2.24) is 4.90 Å². The molecule has 0 saturated heterocycles. The van der Waals surface area contributed by atoms with Crippen LogP contribution in [0.3, 0.4) is 0 Å². The van der Waals surface area contributed by atoms with E-state index in [9.17, 15) is 0 Å². The van der Waals surface area contributed by atoms with E-state index in [4.69, 9.17) is 10.2 Å². The Bertz CT molecular complexity index is 70.1. The number of nitrogens with zero attached hydrogens (tertiary/aromatic N) is 1. The smallest absolute Gasteiger partial charge is 0.106 e. The van der Waals surface area contributed by atoms with Gasteiger partial charge in [-0.15, -0.1) is 12.4 Å². The predicted octanol–water partition coefficient (Wildman–Crippen LogP) is 0.407. The Morgan fingerprint density at radius 2 is 1.50 bits per heavy atom. The highest BCUT2D eigenvalue weighted by atomic mass is 35.5. The first-order chi connectivity index (χ1) is 4.09. The summed E-state index contributed by atoms with van der Waals surface area (Å²) in [5.74, 6) is 0. The minimum Gasteiger partial charge on any atom is -0.379 e. The highest BCUT2D eigenvalue weighted by Crippen LogP contribution is 1.98. The van der Waals surface area contributed by atoms with Crippen molar-refractivity contribution in [1.29, 1.82) is 0 Å². The maximum absolute atomic E-state index is 8.95. The van der Waals surface area contributed by atoms with E-state index in [0.717, 1.165) is 0 Å². The molecule has 0 fully saturated rings. The third-order valence-corrected chi connectivity index (χ3v) is 1.33. The van der Waals surface area contributed by atoms with Gasteiger partial charge < -0.3 is 10.2 Å². The highest BCUT2D eigenvalue weighted by molar-refractivity contribution is 5.85. The van der Waals surface area contributed by atoms with Crippen molar-refractivity contribution in [3.63, 3.8) is 0 Å². The Balaban J connectivity index is 0. The van der Waals surface area contributed by atoms with Crippen LogP contribution >= 0.6 is 12.4 Å². The first kappa shape index (κ1) is 12.8. The fraction of sp³-hybridized carbons (Fsp3) is 1.00. The van der Waals surface area contributed by atoms with E-state index in [1.807, 2.05) is 6.92 Å². The molecule has 2 unspecified atom stereocenters. The normalized spacial score (nSPS) is 16.2. The van der Waals surface area contributed by atoms with Gasteiger partial charge in [-0.2, -0.15) is 0 Å². The number of rotatable bonds is 3. The fourth-order valence-corrected chi connectivity index (χ4v) is 0.841. The second-order valence-corrected chi connectivity index (χ2v) is 2.09. The minimum atomic E-state index is -0.560. The summed E-state index contributed by atoms with van der Waals surface area (Å²) < 4.78 is 0. The fourth-order valence-electron chi connectivity index (χ4n) is 0.841. The van der Waals surface area contributed by atoms with Crippen LogP contribution in [0.4, 0.5) is 0 Å². The first-order valence-corrected chi connectivity index (χ1v) is 3.21. The molecule has 10 heavy (non-hydrogen) atoms. The van der Waals surface area contributed by atoms with E-state index in [1.165, 1.54) is 0 Å². The molecule has 0 aromatic heterocycles. The summed E-state index contributed by atoms with van der Waals surface area (Å²) in [7, 11) is 0. The van der Waals surface area contributed by atoms with Crippen molar-refractivity contribution in [2.45, 2.75) is 33.2 Å². The molecule has 0 aromatic carbocycles. The van der Waals surface area contributed by atoms with Gasteiger partial charge in [0.15, 0.2) is 0 Å². The van der Waals surface area contributed by atoms with E-state index in [0.29, 0.717) is 6.54 Å². The number of aliphatic hydroxyl groups is 2. The van der Waals surface area contributed by atoms with E-state index in [-0.39, 0.29) is 12.4 Å². The molecule has 2 atom stereocenters. The van der Waals surface area contributed by atoms with Crippen molar-refractivity contribution in [2.75, 3.05) is 6.54 Å². The van der Waals surface area contributed by atoms with E-state index in [2.05, 4.69) is 0 Å². The molecule has 0 aliphatic rings. The van der Waals surface area contributed by atoms with Crippen LogP contribution in [0.15, 0.2) is 0 Å². The van der Waals surface area contributed by atoms with Gasteiger partial charge in [-0.1, -0.05) is 6.92 Å². The Kier molecular flexibility index (Phi) is 7.58. The summed E-state index contributed by atoms with van der Waals surface area (Å²) in [6, 6.07) is 0. The van der Waals surface area contributed by atoms with Gasteiger partial charge in [0.05, 0.1) is 0 Å². The molecule has 0 amide bonds. The van der Waals surface area contributed by atoms with Crippen LogP contribution in [-0.4, -0.2) is 34.1 Å². The van der Waals surface area contributed by atoms with Gasteiger partial charge in [-0.05, 0) is 13.8 Å². The lowest BCUT2D eigenvalue weighted by Crippen LogP contribution is -2.39. The van der Waals surface area contributed by atoms with Crippen LogP contribution in [0.5, 0.6) is 0 Å². The Morgan fingerprint density at radius 3 is 1.50 bits per heavy atom. The molecule has 0 radical (unpaired) electrons. The summed E-state index contributed by atoms with van der Waals surface area (Å²) in [5, 5.41) is 17.9. The zero-order chi connectivity index (χ0) is 7.44. The second kappa shape index (κ2) is 5.92. The Labute approximate surface area is 68.1 Å². The molecular formula is C6H16ClNO2. The molecule has 4 heteroatoms. The van der Waals surface area contributed by atoms with E-state index >= 15 is 0 Å². The third kappa shape index (κ3) is 4.06. The van der Waals surface area contributed by atoms with Crippen molar-refractivity contribution >= 4 is 12.4 Å². The molecule has 0 aliphatic heterocycles. The molecule has 0 heterocycles. The van der Waals surface area contributed by atoms with Crippen molar-refractivity contribution < 1.29 is 10.2 Å². The van der Waals surface area contributed by atoms with Crippen molar-refractivity contribution in [3.8, 4) is 0 Å². The SMILES string of the molecule is CCN(C(C)O)C(C)O.Cl. The molecule has 0 rings (SSSR count). The number of halogens is 1. The van der Waals surface area contributed by atoms with Gasteiger partial charge >= 0.3 is 0 Å². The molecule has 64 valence electrons. The largest absolute Gasteiger partial charge is 0.379 e. The van der Waals surface area contributed by atoms with Gasteiger partial charge in [0.2, 0.25) is 0 Å². The Morgan fingerprint density at radius 1 is 1.20 bits per heavy atom. The third-order valence-electron chi connectivity index (χ3n) is 1.33. The molecule has 0 bridgehead atoms. The molecular weight excluding hydrogens is 154 g/mol. The number of aliphatic hydroxyl groups excluding tert-OH is 2. The zero-order valence-electron chi connectivity index (χ0n) is 6.61. The zero-order valence-corrected chi connectivity index (χ0v) is 7.43. The average molecular weight is 170 g/mol. The van der Waals surface area contributed by atoms with Crippen molar-refractivity contribution in [3.05, 3.63) is 0 Å². The van der Waals surface area contributed by atoms with Crippen LogP contribution in [0.25, 0.3) is 0 Å². The highest BCUT2D eigenvalue weighted by Gasteiger charge is 2.12. The van der Waals surface area contributed by atoms with Crippen LogP contribution in [0.1, 0.15) is 20.8 Å². The van der Waals surface area contributed by atoms with Crippen LogP contribution in [0, 0.1) is 0 Å². The van der Waals surface area contributed by atoms with Crippen molar-refractivity contribution in [2.24, 2.45) is 0 Å². The molecule has 0 spiro atoms. The van der Waals surface area contributed by atoms with Gasteiger partial charge in [0, 0.05) is 6.54 Å². The topological polar surface area (TPSA) is 43.7 Å². The summed E-state index contributed by atoms with van der Waals surface area (Å²) in [6.07, 6.45) is -1.12. The predicted molar refractivity (Wildman–Crippen MR) is 43.0 cm³/mol. The van der Waals surface area contributed by atoms with E-state index in [1.54, 1.807) is 18.7 Å². The van der Waals surface area contributed by atoms with Crippen LogP contribution in [-0.2, 0) is 0 Å². The number of hydrogen-bond donors (Lipinski definition) is 2. The van der Waals surface area contributed by atoms with Gasteiger partial charge in [0.1, 0.15) is 12.5 Å². The molecule has 0 aliphatic carbocycles. The van der Waals surface area contributed by atoms with Gasteiger partial charge in [-0.25, -0.2) is 0 Å². The molecule has 2 N–H and O–H groups in total. The van der Waals surface area contributed by atoms with Gasteiger partial charge in [-0.3, -0.25) is 4.90 Å². The quantitative estimate of drug-likeness (QED) is 0.602. The second-order valence-electron chi connectivity index (χ2n) is 2.09. The maximum atomic E-state index is 8.95. The van der Waals surface area contributed by atoms with E-state index < -0.39 is 12.5 Å². The Hall–Kier alpha value is 0.170.